The zero-order chi connectivity index (χ0) is 14.0. The van der Waals surface area contributed by atoms with Gasteiger partial charge in [0.05, 0.1) is 10.7 Å². The lowest BCUT2D eigenvalue weighted by Gasteiger charge is -2.08. The standard InChI is InChI=1S/C14H10BrClFNO/c1-8-6-9(2-5-12(8)17)14(19)18-13-7-10(15)3-4-11(13)16/h2-7H,1H3,(H,18,19). The van der Waals surface area contributed by atoms with Crippen molar-refractivity contribution in [3.63, 3.8) is 0 Å². The largest absolute Gasteiger partial charge is 0.321 e. The first-order chi connectivity index (χ1) is 8.97. The third kappa shape index (κ3) is 3.33. The molecule has 98 valence electrons. The van der Waals surface area contributed by atoms with E-state index in [2.05, 4.69) is 21.2 Å². The predicted octanol–water partition coefficient (Wildman–Crippen LogP) is 4.80. The summed E-state index contributed by atoms with van der Waals surface area (Å²) in [5, 5.41) is 3.13. The molecule has 0 bridgehead atoms. The number of hydrogen-bond acceptors (Lipinski definition) is 1. The zero-order valence-electron chi connectivity index (χ0n) is 10.0. The second kappa shape index (κ2) is 5.72. The Morgan fingerprint density at radius 3 is 2.68 bits per heavy atom. The van der Waals surface area contributed by atoms with Gasteiger partial charge in [0.15, 0.2) is 0 Å². The number of carbonyl (C=O) groups excluding carboxylic acids is 1. The molecule has 19 heavy (non-hydrogen) atoms. The van der Waals surface area contributed by atoms with E-state index in [1.807, 2.05) is 0 Å². The quantitative estimate of drug-likeness (QED) is 0.834. The van der Waals surface area contributed by atoms with Gasteiger partial charge in [-0.1, -0.05) is 27.5 Å². The van der Waals surface area contributed by atoms with Gasteiger partial charge < -0.3 is 5.32 Å². The number of anilines is 1. The van der Waals surface area contributed by atoms with Gasteiger partial charge >= 0.3 is 0 Å². The summed E-state index contributed by atoms with van der Waals surface area (Å²) in [6, 6.07) is 9.36. The lowest BCUT2D eigenvalue weighted by molar-refractivity contribution is 0.102. The fraction of sp³-hybridized carbons (Fsp3) is 0.0714. The summed E-state index contributed by atoms with van der Waals surface area (Å²) in [4.78, 5) is 12.0. The van der Waals surface area contributed by atoms with Gasteiger partial charge in [0.25, 0.3) is 5.91 Å². The molecule has 0 saturated heterocycles. The number of halogens is 3. The molecule has 0 saturated carbocycles. The highest BCUT2D eigenvalue weighted by Gasteiger charge is 2.10. The van der Waals surface area contributed by atoms with E-state index in [1.54, 1.807) is 25.1 Å². The number of rotatable bonds is 2. The summed E-state index contributed by atoms with van der Waals surface area (Å²) in [6.07, 6.45) is 0. The van der Waals surface area contributed by atoms with Crippen molar-refractivity contribution in [2.24, 2.45) is 0 Å². The summed E-state index contributed by atoms with van der Waals surface area (Å²) < 4.78 is 14.0. The van der Waals surface area contributed by atoms with Crippen LogP contribution < -0.4 is 5.32 Å². The minimum Gasteiger partial charge on any atom is -0.321 e. The molecule has 1 N–H and O–H groups in total. The number of nitrogens with one attached hydrogen (secondary N) is 1. The van der Waals surface area contributed by atoms with Gasteiger partial charge in [0.2, 0.25) is 0 Å². The molecule has 2 nitrogen and oxygen atoms in total. The molecule has 1 amide bonds. The molecule has 0 atom stereocenters. The SMILES string of the molecule is Cc1cc(C(=O)Nc2cc(Br)ccc2Cl)ccc1F. The molecule has 0 aliphatic heterocycles. The van der Waals surface area contributed by atoms with E-state index < -0.39 is 0 Å². The lowest BCUT2D eigenvalue weighted by Crippen LogP contribution is -2.12. The smallest absolute Gasteiger partial charge is 0.255 e. The van der Waals surface area contributed by atoms with Crippen molar-refractivity contribution < 1.29 is 9.18 Å². The Morgan fingerprint density at radius 2 is 2.00 bits per heavy atom. The molecule has 0 aromatic heterocycles. The highest BCUT2D eigenvalue weighted by atomic mass is 79.9. The highest BCUT2D eigenvalue weighted by molar-refractivity contribution is 9.10. The van der Waals surface area contributed by atoms with Crippen LogP contribution in [-0.2, 0) is 0 Å². The maximum atomic E-state index is 13.1. The Morgan fingerprint density at radius 1 is 1.26 bits per heavy atom. The second-order valence-electron chi connectivity index (χ2n) is 4.04. The van der Waals surface area contributed by atoms with E-state index in [1.165, 1.54) is 18.2 Å². The van der Waals surface area contributed by atoms with Crippen LogP contribution in [0.1, 0.15) is 15.9 Å². The van der Waals surface area contributed by atoms with Gasteiger partial charge in [-0.2, -0.15) is 0 Å². The number of hydrogen-bond donors (Lipinski definition) is 1. The van der Waals surface area contributed by atoms with Gasteiger partial charge in [-0.3, -0.25) is 4.79 Å². The second-order valence-corrected chi connectivity index (χ2v) is 5.37. The molecule has 0 unspecified atom stereocenters. The molecule has 2 rings (SSSR count). The van der Waals surface area contributed by atoms with Crippen LogP contribution in [0.4, 0.5) is 10.1 Å². The van der Waals surface area contributed by atoms with Crippen molar-refractivity contribution in [3.8, 4) is 0 Å². The minimum absolute atomic E-state index is 0.330. The number of carbonyl (C=O) groups is 1. The van der Waals surface area contributed by atoms with Gasteiger partial charge in [-0.15, -0.1) is 0 Å². The summed E-state index contributed by atoms with van der Waals surface area (Å²) in [5.74, 6) is -0.667. The van der Waals surface area contributed by atoms with E-state index in [0.717, 1.165) is 4.47 Å². The monoisotopic (exact) mass is 341 g/mol. The van der Waals surface area contributed by atoms with Crippen molar-refractivity contribution in [1.82, 2.24) is 0 Å². The van der Waals surface area contributed by atoms with Crippen LogP contribution in [0, 0.1) is 12.7 Å². The first-order valence-electron chi connectivity index (χ1n) is 5.50. The number of aryl methyl sites for hydroxylation is 1. The van der Waals surface area contributed by atoms with E-state index in [0.29, 0.717) is 21.8 Å². The van der Waals surface area contributed by atoms with Crippen LogP contribution in [-0.4, -0.2) is 5.91 Å². The maximum absolute atomic E-state index is 13.1. The Kier molecular flexibility index (Phi) is 4.22. The Balaban J connectivity index is 2.25. The van der Waals surface area contributed by atoms with Gasteiger partial charge in [-0.05, 0) is 48.9 Å². The molecule has 0 aliphatic rings. The van der Waals surface area contributed by atoms with E-state index >= 15 is 0 Å². The molecule has 0 fully saturated rings. The topological polar surface area (TPSA) is 29.1 Å². The van der Waals surface area contributed by atoms with Crippen molar-refractivity contribution >= 4 is 39.1 Å². The van der Waals surface area contributed by atoms with Crippen LogP contribution in [0.3, 0.4) is 0 Å². The molecular weight excluding hydrogens is 333 g/mol. The number of benzene rings is 2. The van der Waals surface area contributed by atoms with Crippen LogP contribution in [0.25, 0.3) is 0 Å². The molecule has 0 spiro atoms. The summed E-state index contributed by atoms with van der Waals surface area (Å²) in [7, 11) is 0. The molecule has 0 aliphatic carbocycles. The third-order valence-electron chi connectivity index (χ3n) is 2.60. The van der Waals surface area contributed by atoms with Crippen molar-refractivity contribution in [2.45, 2.75) is 6.92 Å². The van der Waals surface area contributed by atoms with Crippen LogP contribution >= 0.6 is 27.5 Å². The van der Waals surface area contributed by atoms with Crippen LogP contribution in [0.2, 0.25) is 5.02 Å². The van der Waals surface area contributed by atoms with E-state index in [4.69, 9.17) is 11.6 Å². The van der Waals surface area contributed by atoms with Gasteiger partial charge in [-0.25, -0.2) is 4.39 Å². The summed E-state index contributed by atoms with van der Waals surface area (Å²) in [6.45, 7) is 1.61. The van der Waals surface area contributed by atoms with Crippen LogP contribution in [0.5, 0.6) is 0 Å². The van der Waals surface area contributed by atoms with Gasteiger partial charge in [0, 0.05) is 10.0 Å². The van der Waals surface area contributed by atoms with Crippen molar-refractivity contribution in [2.75, 3.05) is 5.32 Å². The first kappa shape index (κ1) is 14.0. The minimum atomic E-state index is -0.336. The fourth-order valence-corrected chi connectivity index (χ4v) is 2.10. The molecular formula is C14H10BrClFNO. The maximum Gasteiger partial charge on any atom is 0.255 e. The van der Waals surface area contributed by atoms with E-state index in [-0.39, 0.29) is 11.7 Å². The Bertz CT molecular complexity index is 645. The van der Waals surface area contributed by atoms with Crippen molar-refractivity contribution in [3.05, 3.63) is 62.8 Å². The van der Waals surface area contributed by atoms with Crippen molar-refractivity contribution in [1.29, 1.82) is 0 Å². The molecule has 2 aromatic rings. The normalized spacial score (nSPS) is 10.3. The van der Waals surface area contributed by atoms with E-state index in [9.17, 15) is 9.18 Å². The summed E-state index contributed by atoms with van der Waals surface area (Å²) >= 11 is 9.29. The molecule has 0 radical (unpaired) electrons. The fourth-order valence-electron chi connectivity index (χ4n) is 1.57. The average Bonchev–Trinajstić information content (AvgIpc) is 2.37. The predicted molar refractivity (Wildman–Crippen MR) is 78.2 cm³/mol. The lowest BCUT2D eigenvalue weighted by atomic mass is 10.1. The Hall–Kier alpha value is -1.39. The third-order valence-corrected chi connectivity index (χ3v) is 3.42. The molecule has 0 heterocycles. The average molecular weight is 343 g/mol. The molecule has 5 heteroatoms. The zero-order valence-corrected chi connectivity index (χ0v) is 12.3. The summed E-state index contributed by atoms with van der Waals surface area (Å²) in [5.41, 5.74) is 1.31. The Labute approximate surface area is 123 Å². The van der Waals surface area contributed by atoms with Gasteiger partial charge in [0.1, 0.15) is 5.82 Å². The first-order valence-corrected chi connectivity index (χ1v) is 6.67. The van der Waals surface area contributed by atoms with Crippen LogP contribution in [0.15, 0.2) is 40.9 Å². The number of amides is 1. The molecule has 2 aromatic carbocycles. The highest BCUT2D eigenvalue weighted by Crippen LogP contribution is 2.26.